The van der Waals surface area contributed by atoms with Crippen molar-refractivity contribution in [2.75, 3.05) is 25.1 Å². The molecule has 3 heterocycles. The first-order chi connectivity index (χ1) is 14.1. The number of methoxy groups -OCH3 is 1. The van der Waals surface area contributed by atoms with Crippen molar-refractivity contribution in [3.8, 4) is 23.2 Å². The predicted octanol–water partition coefficient (Wildman–Crippen LogP) is 4.11. The molecule has 0 bridgehead atoms. The number of hydrogen-bond donors (Lipinski definition) is 0. The smallest absolute Gasteiger partial charge is 0.234 e. The Morgan fingerprint density at radius 3 is 2.66 bits per heavy atom. The number of piperidine rings is 1. The van der Waals surface area contributed by atoms with Crippen LogP contribution in [0.25, 0.3) is 11.4 Å². The number of aromatic nitrogens is 3. The highest BCUT2D eigenvalue weighted by Gasteiger charge is 2.29. The van der Waals surface area contributed by atoms with Gasteiger partial charge >= 0.3 is 0 Å². The normalized spacial score (nSPS) is 14.9. The van der Waals surface area contributed by atoms with Crippen LogP contribution in [0, 0.1) is 11.3 Å². The van der Waals surface area contributed by atoms with Gasteiger partial charge in [-0.1, -0.05) is 31.1 Å². The second-order valence-electron chi connectivity index (χ2n) is 7.39. The van der Waals surface area contributed by atoms with Gasteiger partial charge in [-0.25, -0.2) is 4.98 Å². The third kappa shape index (κ3) is 3.68. The molecule has 0 spiro atoms. The highest BCUT2D eigenvalue weighted by Crippen LogP contribution is 2.34. The van der Waals surface area contributed by atoms with Crippen molar-refractivity contribution >= 4 is 5.88 Å². The molecule has 0 saturated carbocycles. The molecular weight excluding hydrogens is 370 g/mol. The molecule has 3 aromatic rings. The largest absolute Gasteiger partial charge is 0.496 e. The van der Waals surface area contributed by atoms with E-state index in [0.29, 0.717) is 34.9 Å². The number of nitriles is 1. The summed E-state index contributed by atoms with van der Waals surface area (Å²) in [5.41, 5.74) is 1.16. The third-order valence-electron chi connectivity index (χ3n) is 5.15. The summed E-state index contributed by atoms with van der Waals surface area (Å²) in [6.45, 7) is 5.46. The fraction of sp³-hybridized carbons (Fsp3) is 0.429. The van der Waals surface area contributed by atoms with Crippen LogP contribution in [0.3, 0.4) is 0 Å². The second kappa shape index (κ2) is 7.95. The Balaban J connectivity index is 1.47. The van der Waals surface area contributed by atoms with Crippen molar-refractivity contribution in [3.63, 3.8) is 0 Å². The molecule has 1 aromatic carbocycles. The zero-order valence-corrected chi connectivity index (χ0v) is 16.8. The zero-order chi connectivity index (χ0) is 20.4. The van der Waals surface area contributed by atoms with Gasteiger partial charge in [-0.3, -0.25) is 0 Å². The van der Waals surface area contributed by atoms with Crippen LogP contribution in [0.2, 0.25) is 0 Å². The molecule has 1 saturated heterocycles. The second-order valence-corrected chi connectivity index (χ2v) is 7.39. The molecule has 0 unspecified atom stereocenters. The average Bonchev–Trinajstić information content (AvgIpc) is 3.41. The summed E-state index contributed by atoms with van der Waals surface area (Å²) in [6, 6.07) is 9.76. The summed E-state index contributed by atoms with van der Waals surface area (Å²) in [6.07, 6.45) is 1.66. The molecule has 0 aliphatic carbocycles. The molecule has 2 aromatic heterocycles. The minimum Gasteiger partial charge on any atom is -0.496 e. The number of para-hydroxylation sites is 1. The van der Waals surface area contributed by atoms with E-state index in [1.54, 1.807) is 7.11 Å². The minimum absolute atomic E-state index is 0.139. The summed E-state index contributed by atoms with van der Waals surface area (Å²) in [4.78, 5) is 11.0. The van der Waals surface area contributed by atoms with E-state index in [1.165, 1.54) is 0 Å². The summed E-state index contributed by atoms with van der Waals surface area (Å²) in [5, 5.41) is 13.5. The molecule has 0 atom stereocenters. The van der Waals surface area contributed by atoms with E-state index in [0.717, 1.165) is 31.5 Å². The van der Waals surface area contributed by atoms with Gasteiger partial charge in [-0.15, -0.1) is 0 Å². The zero-order valence-electron chi connectivity index (χ0n) is 16.8. The fourth-order valence-electron chi connectivity index (χ4n) is 3.53. The van der Waals surface area contributed by atoms with Gasteiger partial charge in [-0.05, 0) is 25.0 Å². The lowest BCUT2D eigenvalue weighted by Crippen LogP contribution is -2.33. The Hall–Kier alpha value is -3.34. The van der Waals surface area contributed by atoms with Crippen LogP contribution >= 0.6 is 0 Å². The average molecular weight is 393 g/mol. The lowest BCUT2D eigenvalue weighted by Gasteiger charge is -2.29. The van der Waals surface area contributed by atoms with Gasteiger partial charge in [0.25, 0.3) is 0 Å². The minimum atomic E-state index is 0.139. The Morgan fingerprint density at radius 2 is 1.97 bits per heavy atom. The van der Waals surface area contributed by atoms with Crippen LogP contribution in [0.5, 0.6) is 5.75 Å². The van der Waals surface area contributed by atoms with E-state index in [4.69, 9.17) is 13.7 Å². The van der Waals surface area contributed by atoms with E-state index >= 15 is 0 Å². The molecule has 4 rings (SSSR count). The molecule has 8 heteroatoms. The SMILES string of the molecule is COc1ccccc1-c1noc(C2CCN(c3oc(C(C)C)nc3C#N)CC2)n1. The van der Waals surface area contributed by atoms with Crippen LogP contribution in [-0.4, -0.2) is 35.3 Å². The van der Waals surface area contributed by atoms with Crippen LogP contribution in [0.1, 0.15) is 56.0 Å². The van der Waals surface area contributed by atoms with Gasteiger partial charge in [0.15, 0.2) is 0 Å². The lowest BCUT2D eigenvalue weighted by molar-refractivity contribution is 0.325. The first-order valence-corrected chi connectivity index (χ1v) is 9.73. The predicted molar refractivity (Wildman–Crippen MR) is 106 cm³/mol. The van der Waals surface area contributed by atoms with Crippen molar-refractivity contribution in [2.24, 2.45) is 0 Å². The topological polar surface area (TPSA) is 101 Å². The summed E-state index contributed by atoms with van der Waals surface area (Å²) < 4.78 is 16.8. The molecule has 0 radical (unpaired) electrons. The Morgan fingerprint density at radius 1 is 1.21 bits per heavy atom. The number of nitrogens with zero attached hydrogens (tertiary/aromatic N) is 5. The van der Waals surface area contributed by atoms with Gasteiger partial charge in [-0.2, -0.15) is 10.2 Å². The Labute approximate surface area is 169 Å². The highest BCUT2D eigenvalue weighted by molar-refractivity contribution is 5.63. The molecular formula is C21H23N5O3. The molecule has 0 N–H and O–H groups in total. The van der Waals surface area contributed by atoms with E-state index < -0.39 is 0 Å². The molecule has 150 valence electrons. The van der Waals surface area contributed by atoms with Gasteiger partial charge in [0.05, 0.1) is 12.7 Å². The third-order valence-corrected chi connectivity index (χ3v) is 5.15. The maximum Gasteiger partial charge on any atom is 0.234 e. The number of rotatable bonds is 5. The molecule has 29 heavy (non-hydrogen) atoms. The van der Waals surface area contributed by atoms with Gasteiger partial charge in [0.2, 0.25) is 29.2 Å². The van der Waals surface area contributed by atoms with Crippen molar-refractivity contribution in [1.29, 1.82) is 5.26 Å². The lowest BCUT2D eigenvalue weighted by atomic mass is 9.97. The van der Waals surface area contributed by atoms with Crippen LogP contribution < -0.4 is 9.64 Å². The van der Waals surface area contributed by atoms with Crippen molar-refractivity contribution in [1.82, 2.24) is 15.1 Å². The van der Waals surface area contributed by atoms with Crippen LogP contribution in [0.4, 0.5) is 5.88 Å². The first kappa shape index (κ1) is 19.0. The van der Waals surface area contributed by atoms with E-state index in [1.807, 2.05) is 38.1 Å². The van der Waals surface area contributed by atoms with E-state index in [2.05, 4.69) is 26.1 Å². The number of ether oxygens (including phenoxy) is 1. The summed E-state index contributed by atoms with van der Waals surface area (Å²) in [7, 11) is 1.62. The van der Waals surface area contributed by atoms with E-state index in [-0.39, 0.29) is 11.8 Å². The Bertz CT molecular complexity index is 1030. The first-order valence-electron chi connectivity index (χ1n) is 9.73. The molecule has 8 nitrogen and oxygen atoms in total. The Kier molecular flexibility index (Phi) is 5.21. The van der Waals surface area contributed by atoms with Crippen molar-refractivity contribution in [3.05, 3.63) is 41.7 Å². The number of anilines is 1. The van der Waals surface area contributed by atoms with Gasteiger partial charge in [0.1, 0.15) is 11.8 Å². The standard InChI is InChI=1S/C21H23N5O3/c1-13(2)19-23-16(12-22)21(28-19)26-10-8-14(9-11-26)20-24-18(25-29-20)15-6-4-5-7-17(15)27-3/h4-7,13-14H,8-11H2,1-3H3. The quantitative estimate of drug-likeness (QED) is 0.638. The van der Waals surface area contributed by atoms with Crippen LogP contribution in [0.15, 0.2) is 33.2 Å². The molecule has 0 amide bonds. The van der Waals surface area contributed by atoms with Gasteiger partial charge < -0.3 is 18.6 Å². The molecule has 1 fully saturated rings. The number of hydrogen-bond acceptors (Lipinski definition) is 8. The summed E-state index contributed by atoms with van der Waals surface area (Å²) >= 11 is 0. The monoisotopic (exact) mass is 393 g/mol. The van der Waals surface area contributed by atoms with Crippen LogP contribution in [-0.2, 0) is 0 Å². The van der Waals surface area contributed by atoms with Crippen molar-refractivity contribution in [2.45, 2.75) is 38.5 Å². The number of oxazole rings is 1. The fourth-order valence-corrected chi connectivity index (χ4v) is 3.53. The maximum atomic E-state index is 9.39. The summed E-state index contributed by atoms with van der Waals surface area (Å²) in [5.74, 6) is 3.34. The van der Waals surface area contributed by atoms with Gasteiger partial charge in [0, 0.05) is 24.9 Å². The highest BCUT2D eigenvalue weighted by atomic mass is 16.5. The maximum absolute atomic E-state index is 9.39. The molecule has 1 aliphatic heterocycles. The van der Waals surface area contributed by atoms with Crippen molar-refractivity contribution < 1.29 is 13.7 Å². The number of benzene rings is 1. The van der Waals surface area contributed by atoms with E-state index in [9.17, 15) is 5.26 Å². The molecule has 1 aliphatic rings.